The van der Waals surface area contributed by atoms with Gasteiger partial charge in [0.2, 0.25) is 5.91 Å². The van der Waals surface area contributed by atoms with E-state index in [9.17, 15) is 4.79 Å². The van der Waals surface area contributed by atoms with E-state index < -0.39 is 0 Å². The standard InChI is InChI=1S/C16H23N7O.HI/c1-3-14-22-20-12-23(14)10-9-18-16(17-2)19-11-15(24)21-13-7-5-4-6-8-13;/h4-8,12H,3,9-11H2,1-2H3,(H,21,24)(H2,17,18,19);1H. The van der Waals surface area contributed by atoms with Crippen LogP contribution in [-0.2, 0) is 17.8 Å². The molecule has 0 aliphatic carbocycles. The van der Waals surface area contributed by atoms with Gasteiger partial charge in [0.05, 0.1) is 6.54 Å². The maximum atomic E-state index is 11.9. The molecule has 2 aromatic rings. The minimum atomic E-state index is -0.128. The minimum absolute atomic E-state index is 0. The number of hydrogen-bond acceptors (Lipinski definition) is 4. The molecule has 9 heteroatoms. The molecule has 0 bridgehead atoms. The van der Waals surface area contributed by atoms with Crippen LogP contribution in [0, 0.1) is 0 Å². The van der Waals surface area contributed by atoms with Crippen LogP contribution >= 0.6 is 24.0 Å². The van der Waals surface area contributed by atoms with Crippen molar-refractivity contribution in [1.82, 2.24) is 25.4 Å². The fraction of sp³-hybridized carbons (Fsp3) is 0.375. The van der Waals surface area contributed by atoms with Gasteiger partial charge in [-0.2, -0.15) is 0 Å². The van der Waals surface area contributed by atoms with Gasteiger partial charge in [-0.1, -0.05) is 25.1 Å². The molecule has 1 aromatic carbocycles. The lowest BCUT2D eigenvalue weighted by atomic mass is 10.3. The molecule has 0 saturated heterocycles. The lowest BCUT2D eigenvalue weighted by molar-refractivity contribution is -0.115. The summed E-state index contributed by atoms with van der Waals surface area (Å²) in [6.07, 6.45) is 2.55. The molecule has 0 unspecified atom stereocenters. The molecule has 3 N–H and O–H groups in total. The second-order valence-corrected chi connectivity index (χ2v) is 5.06. The van der Waals surface area contributed by atoms with Crippen LogP contribution in [0.25, 0.3) is 0 Å². The van der Waals surface area contributed by atoms with Crippen LogP contribution in [0.15, 0.2) is 41.7 Å². The second-order valence-electron chi connectivity index (χ2n) is 5.06. The number of para-hydroxylation sites is 1. The number of nitrogens with zero attached hydrogens (tertiary/aromatic N) is 4. The number of carbonyl (C=O) groups is 1. The topological polar surface area (TPSA) is 96.2 Å². The summed E-state index contributed by atoms with van der Waals surface area (Å²) < 4.78 is 1.99. The van der Waals surface area contributed by atoms with E-state index in [-0.39, 0.29) is 36.4 Å². The van der Waals surface area contributed by atoms with E-state index in [4.69, 9.17) is 0 Å². The van der Waals surface area contributed by atoms with Crippen molar-refractivity contribution < 1.29 is 4.79 Å². The third kappa shape index (κ3) is 7.08. The zero-order chi connectivity index (χ0) is 17.2. The Kier molecular flexibility index (Phi) is 9.51. The molecule has 1 amide bonds. The Morgan fingerprint density at radius 2 is 2.00 bits per heavy atom. The first-order chi connectivity index (χ1) is 11.7. The van der Waals surface area contributed by atoms with Crippen molar-refractivity contribution in [2.45, 2.75) is 19.9 Å². The molecular formula is C16H24IN7O. The van der Waals surface area contributed by atoms with E-state index in [1.54, 1.807) is 13.4 Å². The molecule has 136 valence electrons. The third-order valence-electron chi connectivity index (χ3n) is 3.35. The average Bonchev–Trinajstić information content (AvgIpc) is 3.06. The number of anilines is 1. The summed E-state index contributed by atoms with van der Waals surface area (Å²) in [5.74, 6) is 1.39. The largest absolute Gasteiger partial charge is 0.355 e. The lowest BCUT2D eigenvalue weighted by Crippen LogP contribution is -2.42. The van der Waals surface area contributed by atoms with Crippen molar-refractivity contribution in [3.63, 3.8) is 0 Å². The summed E-state index contributed by atoms with van der Waals surface area (Å²) in [6, 6.07) is 9.34. The average molecular weight is 457 g/mol. The van der Waals surface area contributed by atoms with E-state index >= 15 is 0 Å². The summed E-state index contributed by atoms with van der Waals surface area (Å²) in [6.45, 7) is 3.57. The molecular weight excluding hydrogens is 433 g/mol. The molecule has 1 aromatic heterocycles. The van der Waals surface area contributed by atoms with Gasteiger partial charge in [-0.15, -0.1) is 34.2 Å². The van der Waals surface area contributed by atoms with Crippen LogP contribution in [-0.4, -0.2) is 46.8 Å². The highest BCUT2D eigenvalue weighted by Crippen LogP contribution is 2.03. The van der Waals surface area contributed by atoms with Gasteiger partial charge in [0.25, 0.3) is 0 Å². The molecule has 8 nitrogen and oxygen atoms in total. The molecule has 0 aliphatic heterocycles. The van der Waals surface area contributed by atoms with Gasteiger partial charge in [-0.05, 0) is 12.1 Å². The van der Waals surface area contributed by atoms with E-state index in [2.05, 4.69) is 31.1 Å². The number of carbonyl (C=O) groups excluding carboxylic acids is 1. The van der Waals surface area contributed by atoms with Crippen LogP contribution in [0.5, 0.6) is 0 Å². The Morgan fingerprint density at radius 1 is 1.24 bits per heavy atom. The Hall–Kier alpha value is -2.17. The molecule has 0 radical (unpaired) electrons. The SMILES string of the molecule is CCc1nncn1CCNC(=NC)NCC(=O)Nc1ccccc1.I. The summed E-state index contributed by atoms with van der Waals surface area (Å²) in [5.41, 5.74) is 0.770. The molecule has 0 aliphatic rings. The third-order valence-corrected chi connectivity index (χ3v) is 3.35. The Morgan fingerprint density at radius 3 is 2.68 bits per heavy atom. The molecule has 2 rings (SSSR count). The van der Waals surface area contributed by atoms with Crippen molar-refractivity contribution in [2.75, 3.05) is 25.5 Å². The van der Waals surface area contributed by atoms with Crippen molar-refractivity contribution in [2.24, 2.45) is 4.99 Å². The summed E-state index contributed by atoms with van der Waals surface area (Å²) in [4.78, 5) is 16.0. The van der Waals surface area contributed by atoms with E-state index in [1.807, 2.05) is 41.8 Å². The van der Waals surface area contributed by atoms with Crippen molar-refractivity contribution in [3.05, 3.63) is 42.5 Å². The number of aliphatic imine (C=N–C) groups is 1. The zero-order valence-electron chi connectivity index (χ0n) is 14.4. The van der Waals surface area contributed by atoms with Crippen LogP contribution in [0.1, 0.15) is 12.7 Å². The number of nitrogens with one attached hydrogen (secondary N) is 3. The fourth-order valence-electron chi connectivity index (χ4n) is 2.15. The van der Waals surface area contributed by atoms with Gasteiger partial charge >= 0.3 is 0 Å². The monoisotopic (exact) mass is 457 g/mol. The van der Waals surface area contributed by atoms with Gasteiger partial charge in [-0.3, -0.25) is 9.79 Å². The van der Waals surface area contributed by atoms with Crippen LogP contribution in [0.2, 0.25) is 0 Å². The van der Waals surface area contributed by atoms with Crippen LogP contribution in [0.3, 0.4) is 0 Å². The molecule has 25 heavy (non-hydrogen) atoms. The quantitative estimate of drug-likeness (QED) is 0.331. The number of aromatic nitrogens is 3. The van der Waals surface area contributed by atoms with Crippen LogP contribution < -0.4 is 16.0 Å². The molecule has 0 spiro atoms. The number of halogens is 1. The fourth-order valence-corrected chi connectivity index (χ4v) is 2.15. The van der Waals surface area contributed by atoms with Gasteiger partial charge in [0.15, 0.2) is 5.96 Å². The number of amides is 1. The zero-order valence-corrected chi connectivity index (χ0v) is 16.7. The van der Waals surface area contributed by atoms with Gasteiger partial charge in [0.1, 0.15) is 12.2 Å². The number of aryl methyl sites for hydroxylation is 1. The normalized spacial score (nSPS) is 10.7. The molecule has 0 atom stereocenters. The first-order valence-corrected chi connectivity index (χ1v) is 7.89. The molecule has 1 heterocycles. The number of hydrogen-bond donors (Lipinski definition) is 3. The highest BCUT2D eigenvalue weighted by atomic mass is 127. The second kappa shape index (κ2) is 11.4. The Balaban J connectivity index is 0.00000312. The first kappa shape index (κ1) is 20.9. The summed E-state index contributed by atoms with van der Waals surface area (Å²) >= 11 is 0. The van der Waals surface area contributed by atoms with Gasteiger partial charge in [-0.25, -0.2) is 0 Å². The maximum Gasteiger partial charge on any atom is 0.243 e. The van der Waals surface area contributed by atoms with E-state index in [0.29, 0.717) is 12.5 Å². The first-order valence-electron chi connectivity index (χ1n) is 7.89. The van der Waals surface area contributed by atoms with Crippen LogP contribution in [0.4, 0.5) is 5.69 Å². The predicted molar refractivity (Wildman–Crippen MR) is 109 cm³/mol. The Labute approximate surface area is 164 Å². The van der Waals surface area contributed by atoms with Crippen molar-refractivity contribution >= 4 is 41.5 Å². The number of benzene rings is 1. The van der Waals surface area contributed by atoms with Crippen molar-refractivity contribution in [3.8, 4) is 0 Å². The molecule has 0 saturated carbocycles. The summed E-state index contributed by atoms with van der Waals surface area (Å²) in [5, 5.41) is 16.9. The molecule has 0 fully saturated rings. The van der Waals surface area contributed by atoms with Gasteiger partial charge < -0.3 is 20.5 Å². The van der Waals surface area contributed by atoms with E-state index in [0.717, 1.165) is 24.5 Å². The smallest absolute Gasteiger partial charge is 0.243 e. The number of guanidine groups is 1. The highest BCUT2D eigenvalue weighted by Gasteiger charge is 2.05. The maximum absolute atomic E-state index is 11.9. The van der Waals surface area contributed by atoms with Gasteiger partial charge in [0, 0.05) is 32.2 Å². The lowest BCUT2D eigenvalue weighted by Gasteiger charge is -2.12. The summed E-state index contributed by atoms with van der Waals surface area (Å²) in [7, 11) is 1.67. The Bertz CT molecular complexity index is 672. The highest BCUT2D eigenvalue weighted by molar-refractivity contribution is 14.0. The van der Waals surface area contributed by atoms with E-state index in [1.165, 1.54) is 0 Å². The minimum Gasteiger partial charge on any atom is -0.355 e. The predicted octanol–water partition coefficient (Wildman–Crippen LogP) is 1.26. The van der Waals surface area contributed by atoms with Crippen molar-refractivity contribution in [1.29, 1.82) is 0 Å². The number of rotatable bonds is 7.